The molecule has 0 unspecified atom stereocenters. The van der Waals surface area contributed by atoms with Crippen LogP contribution in [0.2, 0.25) is 0 Å². The Hall–Kier alpha value is -6.04. The number of aromatic nitrogens is 7. The Bertz CT molecular complexity index is 1940. The van der Waals surface area contributed by atoms with E-state index in [1.165, 1.54) is 4.80 Å². The van der Waals surface area contributed by atoms with Crippen LogP contribution in [0.15, 0.2) is 58.9 Å². The highest BCUT2D eigenvalue weighted by molar-refractivity contribution is 6.11. The van der Waals surface area contributed by atoms with Crippen LogP contribution in [0.1, 0.15) is 24.2 Å². The molecule has 3 amide bonds. The molecule has 0 bridgehead atoms. The molecule has 5 rings (SSSR count). The summed E-state index contributed by atoms with van der Waals surface area (Å²) in [6.07, 6.45) is 2.21. The number of nitrogens with zero attached hydrogens (tertiary/aromatic N) is 9. The van der Waals surface area contributed by atoms with E-state index in [1.807, 2.05) is 43.4 Å². The first-order chi connectivity index (χ1) is 24.3. The van der Waals surface area contributed by atoms with E-state index in [2.05, 4.69) is 69.0 Å². The zero-order chi connectivity index (χ0) is 35.3. The van der Waals surface area contributed by atoms with Crippen LogP contribution in [0.3, 0.4) is 0 Å². The van der Waals surface area contributed by atoms with E-state index in [4.69, 9.17) is 15.8 Å². The fourth-order valence-electron chi connectivity index (χ4n) is 5.26. The molecular formula is C32H41N15O3. The van der Waals surface area contributed by atoms with Crippen LogP contribution >= 0.6 is 0 Å². The van der Waals surface area contributed by atoms with Crippen LogP contribution in [-0.4, -0.2) is 111 Å². The second kappa shape index (κ2) is 17.4. The number of amides is 3. The molecule has 0 saturated heterocycles. The molecule has 18 heteroatoms. The number of anilines is 1. The third kappa shape index (κ3) is 9.99. The van der Waals surface area contributed by atoms with Gasteiger partial charge in [-0.05, 0) is 49.8 Å². The van der Waals surface area contributed by atoms with Crippen LogP contribution < -0.4 is 27.1 Å². The monoisotopic (exact) mass is 683 g/mol. The molecular weight excluding hydrogens is 642 g/mol. The minimum atomic E-state index is -0.500. The van der Waals surface area contributed by atoms with Gasteiger partial charge >= 0.3 is 0 Å². The number of carbonyl (C=O) groups excluding carboxylic acids is 3. The lowest BCUT2D eigenvalue weighted by Crippen LogP contribution is -2.42. The van der Waals surface area contributed by atoms with Gasteiger partial charge in [-0.25, -0.2) is 9.97 Å². The standard InChI is InChI=1S/C32H41N15O3/c1-46(14-6-12-34-26(48)18-36-27(49)19-37-28(50)20-38-44-33)15-7-13-35-31-29-23-11-10-22(30-42-45-47(2)43-30)17-24(23)39-32(29)41-25(40-31)16-21-8-4-3-5-9-21/h3-5,8-11,17H,6-7,12-16,18-20H2,1-2H3,(H2,33,38)(H,34,48)(H,36,49)(H,37,50)(H2,35,39,40,41). The molecule has 18 nitrogen and oxygen atoms in total. The van der Waals surface area contributed by atoms with Gasteiger partial charge in [-0.15, -0.1) is 10.2 Å². The molecule has 3 heterocycles. The van der Waals surface area contributed by atoms with Gasteiger partial charge in [0.15, 0.2) is 0 Å². The number of nitrogens with one attached hydrogen (secondary N) is 5. The third-order valence-corrected chi connectivity index (χ3v) is 7.70. The summed E-state index contributed by atoms with van der Waals surface area (Å²) in [5, 5.41) is 31.8. The highest BCUT2D eigenvalue weighted by atomic mass is 16.2. The number of tetrazole rings is 1. The first kappa shape index (κ1) is 35.3. The molecule has 262 valence electrons. The molecule has 0 fully saturated rings. The van der Waals surface area contributed by atoms with Gasteiger partial charge in [-0.3, -0.25) is 14.4 Å². The van der Waals surface area contributed by atoms with Gasteiger partial charge in [0, 0.05) is 36.0 Å². The van der Waals surface area contributed by atoms with Gasteiger partial charge in [0.1, 0.15) is 23.8 Å². The second-order valence-corrected chi connectivity index (χ2v) is 11.6. The number of fused-ring (bicyclic) bond motifs is 3. The molecule has 3 aromatic heterocycles. The van der Waals surface area contributed by atoms with Crippen molar-refractivity contribution in [3.05, 3.63) is 59.9 Å². The third-order valence-electron chi connectivity index (χ3n) is 7.70. The number of hydrogen-bond acceptors (Lipinski definition) is 12. The lowest BCUT2D eigenvalue weighted by atomic mass is 10.1. The van der Waals surface area contributed by atoms with Crippen molar-refractivity contribution in [2.75, 3.05) is 58.2 Å². The van der Waals surface area contributed by atoms with E-state index < -0.39 is 11.8 Å². The van der Waals surface area contributed by atoms with Crippen molar-refractivity contribution in [3.8, 4) is 11.4 Å². The number of H-pyrrole nitrogens is 1. The maximum absolute atomic E-state index is 12.1. The summed E-state index contributed by atoms with van der Waals surface area (Å²) in [5.41, 5.74) is 3.64. The second-order valence-electron chi connectivity index (χ2n) is 11.6. The molecule has 0 aliphatic rings. The van der Waals surface area contributed by atoms with Crippen LogP contribution in [0, 0.1) is 0 Å². The average molecular weight is 684 g/mol. The zero-order valence-corrected chi connectivity index (χ0v) is 28.0. The van der Waals surface area contributed by atoms with Crippen molar-refractivity contribution in [3.63, 3.8) is 0 Å². The molecule has 0 saturated carbocycles. The topological polar surface area (TPSA) is 238 Å². The normalized spacial score (nSPS) is 11.4. The van der Waals surface area contributed by atoms with E-state index >= 15 is 0 Å². The summed E-state index contributed by atoms with van der Waals surface area (Å²) in [6, 6.07) is 16.2. The summed E-state index contributed by atoms with van der Waals surface area (Å²) < 4.78 is 0. The largest absolute Gasteiger partial charge is 0.369 e. The smallest absolute Gasteiger partial charge is 0.244 e. The van der Waals surface area contributed by atoms with Crippen molar-refractivity contribution in [1.82, 2.24) is 56.0 Å². The quantitative estimate of drug-likeness (QED) is 0.0325. The van der Waals surface area contributed by atoms with E-state index in [-0.39, 0.29) is 25.5 Å². The fourth-order valence-corrected chi connectivity index (χ4v) is 5.26. The van der Waals surface area contributed by atoms with Crippen molar-refractivity contribution in [2.24, 2.45) is 23.2 Å². The highest BCUT2D eigenvalue weighted by Gasteiger charge is 2.16. The molecule has 0 radical (unpaired) electrons. The molecule has 0 spiro atoms. The lowest BCUT2D eigenvalue weighted by molar-refractivity contribution is -0.127. The minimum absolute atomic E-state index is 0.182. The summed E-state index contributed by atoms with van der Waals surface area (Å²) >= 11 is 0. The predicted molar refractivity (Wildman–Crippen MR) is 187 cm³/mol. The Balaban J connectivity index is 1.10. The number of nitrogens with two attached hydrogens (primary N) is 1. The van der Waals surface area contributed by atoms with Gasteiger partial charge in [-0.1, -0.05) is 47.7 Å². The Labute approximate surface area is 287 Å². The SMILES string of the molecule is CN(CCCNC(=O)CNC(=O)CNC(=O)CN=NN)CCCNc1nc(Cc2ccccc2)nc2[nH]c3cc(-c4nnn(C)n4)ccc3c12. The first-order valence-corrected chi connectivity index (χ1v) is 16.2. The maximum atomic E-state index is 12.1. The Morgan fingerprint density at radius 2 is 1.68 bits per heavy atom. The molecule has 0 aliphatic heterocycles. The van der Waals surface area contributed by atoms with Crippen LogP contribution in [0.25, 0.3) is 33.3 Å². The molecule has 50 heavy (non-hydrogen) atoms. The molecule has 2 aromatic carbocycles. The van der Waals surface area contributed by atoms with Crippen molar-refractivity contribution in [2.45, 2.75) is 19.3 Å². The highest BCUT2D eigenvalue weighted by Crippen LogP contribution is 2.32. The van der Waals surface area contributed by atoms with Crippen LogP contribution in [-0.2, 0) is 27.9 Å². The van der Waals surface area contributed by atoms with Crippen molar-refractivity contribution in [1.29, 1.82) is 0 Å². The molecule has 0 atom stereocenters. The number of benzene rings is 2. The number of hydrogen-bond donors (Lipinski definition) is 6. The van der Waals surface area contributed by atoms with Gasteiger partial charge < -0.3 is 37.0 Å². The lowest BCUT2D eigenvalue weighted by Gasteiger charge is -2.17. The van der Waals surface area contributed by atoms with Gasteiger partial charge in [0.2, 0.25) is 23.5 Å². The number of aromatic amines is 1. The first-order valence-electron chi connectivity index (χ1n) is 16.2. The van der Waals surface area contributed by atoms with Gasteiger partial charge in [-0.2, -0.15) is 9.91 Å². The molecule has 0 aliphatic carbocycles. The van der Waals surface area contributed by atoms with Crippen molar-refractivity contribution >= 4 is 45.5 Å². The maximum Gasteiger partial charge on any atom is 0.244 e. The zero-order valence-electron chi connectivity index (χ0n) is 28.0. The Morgan fingerprint density at radius 1 is 0.940 bits per heavy atom. The van der Waals surface area contributed by atoms with Gasteiger partial charge in [0.25, 0.3) is 0 Å². The van der Waals surface area contributed by atoms with Gasteiger partial charge in [0.05, 0.1) is 25.5 Å². The summed E-state index contributed by atoms with van der Waals surface area (Å²) in [7, 11) is 3.77. The summed E-state index contributed by atoms with van der Waals surface area (Å²) in [5.74, 6) is 5.57. The van der Waals surface area contributed by atoms with E-state index in [9.17, 15) is 14.4 Å². The Morgan fingerprint density at radius 3 is 2.42 bits per heavy atom. The fraction of sp³-hybridized carbons (Fsp3) is 0.375. The van der Waals surface area contributed by atoms with E-state index in [0.717, 1.165) is 64.8 Å². The van der Waals surface area contributed by atoms with Crippen LogP contribution in [0.5, 0.6) is 0 Å². The van der Waals surface area contributed by atoms with Crippen LogP contribution in [0.4, 0.5) is 5.82 Å². The van der Waals surface area contributed by atoms with E-state index in [0.29, 0.717) is 31.2 Å². The summed E-state index contributed by atoms with van der Waals surface area (Å²) in [6.45, 7) is 2.06. The Kier molecular flexibility index (Phi) is 12.3. The van der Waals surface area contributed by atoms with Crippen molar-refractivity contribution < 1.29 is 14.4 Å². The average Bonchev–Trinajstić information content (AvgIpc) is 3.72. The molecule has 5 aromatic rings. The number of aryl methyl sites for hydroxylation is 1. The number of rotatable bonds is 18. The molecule has 7 N–H and O–H groups in total. The number of carbonyl (C=O) groups is 3. The summed E-state index contributed by atoms with van der Waals surface area (Å²) in [4.78, 5) is 52.3. The van der Waals surface area contributed by atoms with E-state index in [1.54, 1.807) is 7.05 Å². The minimum Gasteiger partial charge on any atom is -0.369 e. The predicted octanol–water partition coefficient (Wildman–Crippen LogP) is 0.691.